The minimum absolute atomic E-state index is 0.115. The lowest BCUT2D eigenvalue weighted by molar-refractivity contribution is -0.169. The van der Waals surface area contributed by atoms with Crippen molar-refractivity contribution in [2.24, 2.45) is 28.6 Å². The van der Waals surface area contributed by atoms with Crippen LogP contribution in [0.4, 0.5) is 0 Å². The van der Waals surface area contributed by atoms with Gasteiger partial charge in [-0.15, -0.1) is 0 Å². The fraction of sp³-hybridized carbons (Fsp3) is 0.815. The number of aliphatic hydroxyl groups is 6. The quantitative estimate of drug-likeness (QED) is 0.357. The lowest BCUT2D eigenvalue weighted by Crippen LogP contribution is -2.61. The van der Waals surface area contributed by atoms with Gasteiger partial charge in [0, 0.05) is 16.7 Å². The second-order valence-corrected chi connectivity index (χ2v) is 12.8. The zero-order valence-corrected chi connectivity index (χ0v) is 21.1. The third-order valence-electron chi connectivity index (χ3n) is 10.1. The second-order valence-electron chi connectivity index (χ2n) is 12.8. The molecule has 0 aromatic carbocycles. The molecule has 0 aliphatic heterocycles. The summed E-state index contributed by atoms with van der Waals surface area (Å²) in [6, 6.07) is 0. The maximum absolute atomic E-state index is 13.2. The van der Waals surface area contributed by atoms with E-state index in [2.05, 4.69) is 0 Å². The average molecular weight is 479 g/mol. The number of fused-ring (bicyclic) bond motifs is 5. The molecule has 0 bridgehead atoms. The molecule has 2 fully saturated rings. The summed E-state index contributed by atoms with van der Waals surface area (Å²) in [7, 11) is 0. The van der Waals surface area contributed by atoms with E-state index in [1.54, 1.807) is 32.9 Å². The van der Waals surface area contributed by atoms with E-state index in [1.807, 2.05) is 13.8 Å². The van der Waals surface area contributed by atoms with Gasteiger partial charge < -0.3 is 30.6 Å². The van der Waals surface area contributed by atoms with Crippen LogP contribution in [0.5, 0.6) is 0 Å². The standard InChI is InChI=1S/C27H42O7/c1-23(2,32)9-8-22(31)26(5,33)21-7-11-27(34)16-12-18(28)17-13-19(29)20(30)14-24(17,3)15(16)6-10-25(21,27)4/h12,14-15,17,19,21-22,29-34H,6-11,13H2,1-5H3/t15?,17-,19+,21+,22+,24-,25+,26?,27+/m0/s1. The van der Waals surface area contributed by atoms with Crippen LogP contribution in [0.3, 0.4) is 0 Å². The molecule has 2 unspecified atom stereocenters. The van der Waals surface area contributed by atoms with Gasteiger partial charge in [0.2, 0.25) is 0 Å². The molecule has 4 aliphatic rings. The van der Waals surface area contributed by atoms with Crippen molar-refractivity contribution in [3.8, 4) is 0 Å². The maximum atomic E-state index is 13.2. The Hall–Kier alpha value is -1.25. The molecule has 4 rings (SSSR count). The molecular formula is C27H42O7. The number of allylic oxidation sites excluding steroid dienone is 2. The topological polar surface area (TPSA) is 138 Å². The molecule has 0 aromatic rings. The minimum Gasteiger partial charge on any atom is -0.510 e. The van der Waals surface area contributed by atoms with Crippen LogP contribution in [-0.2, 0) is 4.79 Å². The second kappa shape index (κ2) is 7.87. The van der Waals surface area contributed by atoms with Crippen molar-refractivity contribution >= 4 is 5.78 Å². The Morgan fingerprint density at radius 1 is 1.12 bits per heavy atom. The first-order valence-corrected chi connectivity index (χ1v) is 12.7. The summed E-state index contributed by atoms with van der Waals surface area (Å²) in [6.07, 6.45) is 3.94. The minimum atomic E-state index is -1.48. The van der Waals surface area contributed by atoms with Gasteiger partial charge >= 0.3 is 0 Å². The molecule has 0 aromatic heterocycles. The summed E-state index contributed by atoms with van der Waals surface area (Å²) >= 11 is 0. The fourth-order valence-corrected chi connectivity index (χ4v) is 7.94. The van der Waals surface area contributed by atoms with Crippen LogP contribution in [0.1, 0.15) is 79.6 Å². The number of ketones is 1. The number of aliphatic hydroxyl groups excluding tert-OH is 3. The zero-order valence-electron chi connectivity index (χ0n) is 21.1. The molecule has 0 amide bonds. The molecule has 4 aliphatic carbocycles. The highest BCUT2D eigenvalue weighted by Gasteiger charge is 2.68. The van der Waals surface area contributed by atoms with E-state index >= 15 is 0 Å². The van der Waals surface area contributed by atoms with Crippen LogP contribution in [0.15, 0.2) is 23.5 Å². The van der Waals surface area contributed by atoms with Gasteiger partial charge in [-0.3, -0.25) is 4.79 Å². The van der Waals surface area contributed by atoms with E-state index in [4.69, 9.17) is 0 Å². The number of carbonyl (C=O) groups excluding carboxylic acids is 1. The molecule has 7 heteroatoms. The Bertz CT molecular complexity index is 914. The Kier molecular flexibility index (Phi) is 5.98. The Labute approximate surface area is 202 Å². The molecule has 2 saturated carbocycles. The van der Waals surface area contributed by atoms with E-state index in [1.165, 1.54) is 0 Å². The first-order chi connectivity index (χ1) is 15.5. The Morgan fingerprint density at radius 3 is 2.38 bits per heavy atom. The summed E-state index contributed by atoms with van der Waals surface area (Å²) in [5.74, 6) is -1.28. The van der Waals surface area contributed by atoms with Crippen molar-refractivity contribution in [1.82, 2.24) is 0 Å². The van der Waals surface area contributed by atoms with Crippen molar-refractivity contribution in [2.75, 3.05) is 0 Å². The SMILES string of the molecule is CC(C)(O)CC[C@@H](O)C(C)(O)[C@@H]1CC[C@@]2(O)C3=CC(=O)[C@@H]4C[C@@H](O)C(O)=C[C@@]4(C)C3CC[C@]12C. The van der Waals surface area contributed by atoms with Crippen molar-refractivity contribution in [1.29, 1.82) is 0 Å². The molecular weight excluding hydrogens is 436 g/mol. The van der Waals surface area contributed by atoms with Gasteiger partial charge in [0.1, 0.15) is 11.9 Å². The number of hydrogen-bond acceptors (Lipinski definition) is 7. The van der Waals surface area contributed by atoms with Crippen LogP contribution in [0.2, 0.25) is 0 Å². The molecule has 9 atom stereocenters. The molecule has 7 nitrogen and oxygen atoms in total. The number of rotatable bonds is 5. The first kappa shape index (κ1) is 25.8. The highest BCUT2D eigenvalue weighted by Crippen LogP contribution is 2.68. The van der Waals surface area contributed by atoms with Gasteiger partial charge in [-0.05, 0) is 95.3 Å². The summed E-state index contributed by atoms with van der Waals surface area (Å²) in [6.45, 7) is 8.85. The maximum Gasteiger partial charge on any atom is 0.159 e. The molecule has 0 radical (unpaired) electrons. The van der Waals surface area contributed by atoms with Gasteiger partial charge in [0.05, 0.1) is 22.9 Å². The van der Waals surface area contributed by atoms with Crippen LogP contribution in [0.25, 0.3) is 0 Å². The van der Waals surface area contributed by atoms with Crippen molar-refractivity contribution in [3.05, 3.63) is 23.5 Å². The van der Waals surface area contributed by atoms with Crippen molar-refractivity contribution < 1.29 is 35.4 Å². The molecule has 0 heterocycles. The summed E-state index contributed by atoms with van der Waals surface area (Å²) in [5, 5.41) is 65.2. The van der Waals surface area contributed by atoms with Crippen LogP contribution in [0, 0.1) is 28.6 Å². The summed E-state index contributed by atoms with van der Waals surface area (Å²) in [5.41, 5.74) is -4.54. The predicted molar refractivity (Wildman–Crippen MR) is 127 cm³/mol. The van der Waals surface area contributed by atoms with Gasteiger partial charge in [-0.25, -0.2) is 0 Å². The number of hydrogen-bond donors (Lipinski definition) is 6. The van der Waals surface area contributed by atoms with Gasteiger partial charge in [-0.2, -0.15) is 0 Å². The third-order valence-corrected chi connectivity index (χ3v) is 10.1. The smallest absolute Gasteiger partial charge is 0.159 e. The van der Waals surface area contributed by atoms with E-state index in [0.717, 1.165) is 0 Å². The largest absolute Gasteiger partial charge is 0.510 e. The third kappa shape index (κ3) is 3.62. The highest BCUT2D eigenvalue weighted by molar-refractivity contribution is 5.95. The summed E-state index contributed by atoms with van der Waals surface area (Å²) in [4.78, 5) is 13.2. The van der Waals surface area contributed by atoms with E-state index < -0.39 is 51.7 Å². The van der Waals surface area contributed by atoms with E-state index in [-0.39, 0.29) is 30.3 Å². The molecule has 34 heavy (non-hydrogen) atoms. The monoisotopic (exact) mass is 478 g/mol. The lowest BCUT2D eigenvalue weighted by Gasteiger charge is -2.59. The average Bonchev–Trinajstić information content (AvgIpc) is 3.00. The number of carbonyl (C=O) groups is 1. The first-order valence-electron chi connectivity index (χ1n) is 12.7. The van der Waals surface area contributed by atoms with Gasteiger partial charge in [0.25, 0.3) is 0 Å². The fourth-order valence-electron chi connectivity index (χ4n) is 7.94. The Morgan fingerprint density at radius 2 is 1.76 bits per heavy atom. The van der Waals surface area contributed by atoms with E-state index in [9.17, 15) is 35.4 Å². The van der Waals surface area contributed by atoms with Gasteiger partial charge in [-0.1, -0.05) is 13.8 Å². The van der Waals surface area contributed by atoms with E-state index in [0.29, 0.717) is 37.7 Å². The zero-order chi connectivity index (χ0) is 25.5. The van der Waals surface area contributed by atoms with Crippen molar-refractivity contribution in [2.45, 2.75) is 109 Å². The predicted octanol–water partition coefficient (Wildman–Crippen LogP) is 2.54. The molecule has 192 valence electrons. The molecule has 0 spiro atoms. The highest BCUT2D eigenvalue weighted by atomic mass is 16.3. The summed E-state index contributed by atoms with van der Waals surface area (Å²) < 4.78 is 0. The van der Waals surface area contributed by atoms with Gasteiger partial charge in [0.15, 0.2) is 5.78 Å². The molecule has 0 saturated heterocycles. The Balaban J connectivity index is 1.68. The van der Waals surface area contributed by atoms with Crippen LogP contribution >= 0.6 is 0 Å². The van der Waals surface area contributed by atoms with Crippen molar-refractivity contribution in [3.63, 3.8) is 0 Å². The van der Waals surface area contributed by atoms with Crippen LogP contribution in [-0.4, -0.2) is 65.4 Å². The lowest BCUT2D eigenvalue weighted by atomic mass is 9.47. The normalized spacial score (nSPS) is 44.8. The molecule has 6 N–H and O–H groups in total. The van der Waals surface area contributed by atoms with Crippen LogP contribution < -0.4 is 0 Å².